The van der Waals surface area contributed by atoms with Crippen molar-refractivity contribution in [3.05, 3.63) is 82.6 Å². The molecule has 0 fully saturated rings. The van der Waals surface area contributed by atoms with E-state index in [2.05, 4.69) is 20.6 Å². The van der Waals surface area contributed by atoms with Crippen LogP contribution < -0.4 is 15.4 Å². The summed E-state index contributed by atoms with van der Waals surface area (Å²) in [6.45, 7) is 3.46. The van der Waals surface area contributed by atoms with Gasteiger partial charge in [0, 0.05) is 18.2 Å². The normalized spacial score (nSPS) is 11.8. The Morgan fingerprint density at radius 1 is 1.16 bits per heavy atom. The Kier molecular flexibility index (Phi) is 7.29. The first-order valence-electron chi connectivity index (χ1n) is 9.90. The van der Waals surface area contributed by atoms with Crippen molar-refractivity contribution in [2.45, 2.75) is 32.9 Å². The fourth-order valence-electron chi connectivity index (χ4n) is 3.13. The number of carbonyl (C=O) groups excluding carboxylic acids is 1. The SMILES string of the molecule is CNC(=O)c1cccc(COc2cnc(C)nc2N[C@H](C)c2cccc(C(F)F)c2F)c1. The Morgan fingerprint density at radius 3 is 2.59 bits per heavy atom. The van der Waals surface area contributed by atoms with E-state index < -0.39 is 23.8 Å². The monoisotopic (exact) mass is 444 g/mol. The zero-order valence-corrected chi connectivity index (χ0v) is 17.8. The molecule has 0 radical (unpaired) electrons. The maximum atomic E-state index is 14.5. The van der Waals surface area contributed by atoms with Gasteiger partial charge in [-0.05, 0) is 31.5 Å². The van der Waals surface area contributed by atoms with Gasteiger partial charge in [0.05, 0.1) is 17.8 Å². The number of halogens is 3. The van der Waals surface area contributed by atoms with E-state index in [1.54, 1.807) is 39.1 Å². The van der Waals surface area contributed by atoms with Crippen LogP contribution in [-0.4, -0.2) is 22.9 Å². The average Bonchev–Trinajstić information content (AvgIpc) is 2.78. The van der Waals surface area contributed by atoms with Crippen LogP contribution in [0.5, 0.6) is 5.75 Å². The highest BCUT2D eigenvalue weighted by molar-refractivity contribution is 5.94. The number of hydrogen-bond donors (Lipinski definition) is 2. The molecule has 0 aliphatic rings. The Labute approximate surface area is 183 Å². The molecule has 0 saturated carbocycles. The smallest absolute Gasteiger partial charge is 0.266 e. The molecule has 0 unspecified atom stereocenters. The molecule has 1 heterocycles. The van der Waals surface area contributed by atoms with Gasteiger partial charge in [0.2, 0.25) is 0 Å². The number of nitrogens with zero attached hydrogens (tertiary/aromatic N) is 2. The maximum absolute atomic E-state index is 14.5. The van der Waals surface area contributed by atoms with Crippen LogP contribution in [0.3, 0.4) is 0 Å². The number of benzene rings is 2. The summed E-state index contributed by atoms with van der Waals surface area (Å²) in [5.74, 6) is -0.112. The molecule has 0 bridgehead atoms. The van der Waals surface area contributed by atoms with Gasteiger partial charge in [0.1, 0.15) is 18.2 Å². The topological polar surface area (TPSA) is 76.1 Å². The molecule has 6 nitrogen and oxygen atoms in total. The van der Waals surface area contributed by atoms with Crippen LogP contribution in [-0.2, 0) is 6.61 Å². The summed E-state index contributed by atoms with van der Waals surface area (Å²) < 4.78 is 46.5. The molecule has 3 aromatic rings. The van der Waals surface area contributed by atoms with Crippen molar-refractivity contribution in [3.63, 3.8) is 0 Å². The largest absolute Gasteiger partial charge is 0.483 e. The highest BCUT2D eigenvalue weighted by atomic mass is 19.3. The van der Waals surface area contributed by atoms with E-state index in [9.17, 15) is 18.0 Å². The molecular formula is C23H23F3N4O2. The highest BCUT2D eigenvalue weighted by Gasteiger charge is 2.20. The van der Waals surface area contributed by atoms with Crippen LogP contribution in [0.25, 0.3) is 0 Å². The molecule has 1 aromatic heterocycles. The predicted octanol–water partition coefficient (Wildman–Crippen LogP) is 4.97. The second kappa shape index (κ2) is 10.1. The van der Waals surface area contributed by atoms with Gasteiger partial charge >= 0.3 is 0 Å². The van der Waals surface area contributed by atoms with E-state index in [-0.39, 0.29) is 18.1 Å². The predicted molar refractivity (Wildman–Crippen MR) is 114 cm³/mol. The molecule has 2 aromatic carbocycles. The molecule has 0 aliphatic carbocycles. The molecule has 1 amide bonds. The second-order valence-electron chi connectivity index (χ2n) is 7.12. The third kappa shape index (κ3) is 5.35. The molecule has 1 atom stereocenters. The Hall–Kier alpha value is -3.62. The zero-order valence-electron chi connectivity index (χ0n) is 17.8. The summed E-state index contributed by atoms with van der Waals surface area (Å²) in [5.41, 5.74) is 0.683. The number of aromatic nitrogens is 2. The second-order valence-corrected chi connectivity index (χ2v) is 7.12. The van der Waals surface area contributed by atoms with Crippen molar-refractivity contribution in [2.24, 2.45) is 0 Å². The summed E-state index contributed by atoms with van der Waals surface area (Å²) in [4.78, 5) is 20.3. The quantitative estimate of drug-likeness (QED) is 0.513. The van der Waals surface area contributed by atoms with Gasteiger partial charge in [-0.3, -0.25) is 4.79 Å². The average molecular weight is 444 g/mol. The number of ether oxygens (including phenoxy) is 1. The van der Waals surface area contributed by atoms with Gasteiger partial charge < -0.3 is 15.4 Å². The first-order valence-corrected chi connectivity index (χ1v) is 9.90. The van der Waals surface area contributed by atoms with E-state index in [0.717, 1.165) is 11.6 Å². The van der Waals surface area contributed by atoms with Crippen LogP contribution in [0, 0.1) is 12.7 Å². The number of aryl methyl sites for hydroxylation is 1. The van der Waals surface area contributed by atoms with Crippen LogP contribution in [0.1, 0.15) is 52.3 Å². The third-order valence-corrected chi connectivity index (χ3v) is 4.80. The maximum Gasteiger partial charge on any atom is 0.266 e. The number of amides is 1. The Morgan fingerprint density at radius 2 is 1.88 bits per heavy atom. The molecule has 2 N–H and O–H groups in total. The van der Waals surface area contributed by atoms with Gasteiger partial charge in [-0.15, -0.1) is 0 Å². The van der Waals surface area contributed by atoms with Gasteiger partial charge in [0.25, 0.3) is 12.3 Å². The number of rotatable bonds is 8. The fourth-order valence-corrected chi connectivity index (χ4v) is 3.13. The summed E-state index contributed by atoms with van der Waals surface area (Å²) >= 11 is 0. The lowest BCUT2D eigenvalue weighted by molar-refractivity contribution is 0.0963. The van der Waals surface area contributed by atoms with E-state index in [1.807, 2.05) is 6.07 Å². The molecule has 32 heavy (non-hydrogen) atoms. The highest BCUT2D eigenvalue weighted by Crippen LogP contribution is 2.31. The van der Waals surface area contributed by atoms with Crippen molar-refractivity contribution in [2.75, 3.05) is 12.4 Å². The van der Waals surface area contributed by atoms with E-state index in [4.69, 9.17) is 4.74 Å². The van der Waals surface area contributed by atoms with Gasteiger partial charge in [-0.1, -0.05) is 30.3 Å². The molecule has 0 aliphatic heterocycles. The summed E-state index contributed by atoms with van der Waals surface area (Å²) in [5, 5.41) is 5.59. The van der Waals surface area contributed by atoms with Crippen molar-refractivity contribution in [1.82, 2.24) is 15.3 Å². The minimum absolute atomic E-state index is 0.0864. The third-order valence-electron chi connectivity index (χ3n) is 4.80. The number of nitrogens with one attached hydrogen (secondary N) is 2. The molecule has 168 valence electrons. The Balaban J connectivity index is 1.80. The molecule has 0 spiro atoms. The minimum Gasteiger partial charge on any atom is -0.483 e. The van der Waals surface area contributed by atoms with Crippen LogP contribution in [0.2, 0.25) is 0 Å². The van der Waals surface area contributed by atoms with Crippen LogP contribution in [0.15, 0.2) is 48.7 Å². The van der Waals surface area contributed by atoms with Gasteiger partial charge in [0.15, 0.2) is 11.6 Å². The van der Waals surface area contributed by atoms with Crippen LogP contribution in [0.4, 0.5) is 19.0 Å². The summed E-state index contributed by atoms with van der Waals surface area (Å²) in [6.07, 6.45) is -1.43. The van der Waals surface area contributed by atoms with Crippen molar-refractivity contribution in [1.29, 1.82) is 0 Å². The van der Waals surface area contributed by atoms with Crippen LogP contribution >= 0.6 is 0 Å². The van der Waals surface area contributed by atoms with E-state index in [1.165, 1.54) is 18.3 Å². The molecule has 9 heteroatoms. The Bertz CT molecular complexity index is 1110. The lowest BCUT2D eigenvalue weighted by Crippen LogP contribution is -2.18. The number of anilines is 1. The van der Waals surface area contributed by atoms with Crippen molar-refractivity contribution >= 4 is 11.7 Å². The standard InChI is InChI=1S/C23H23F3N4O2/c1-13(17-8-5-9-18(20(17)24)21(25)26)29-22-19(11-28-14(2)30-22)32-12-15-6-4-7-16(10-15)23(31)27-3/h4-11,13,21H,12H2,1-3H3,(H,27,31)(H,28,29,30)/t13-/m1/s1. The first-order chi connectivity index (χ1) is 15.3. The molecular weight excluding hydrogens is 421 g/mol. The number of alkyl halides is 2. The van der Waals surface area contributed by atoms with E-state index >= 15 is 0 Å². The van der Waals surface area contributed by atoms with E-state index in [0.29, 0.717) is 23.0 Å². The molecule has 0 saturated heterocycles. The molecule has 3 rings (SSSR count). The first kappa shape index (κ1) is 23.1. The minimum atomic E-state index is -2.91. The van der Waals surface area contributed by atoms with Gasteiger partial charge in [-0.25, -0.2) is 23.1 Å². The summed E-state index contributed by atoms with van der Waals surface area (Å²) in [7, 11) is 1.55. The van der Waals surface area contributed by atoms with Crippen molar-refractivity contribution in [3.8, 4) is 5.75 Å². The lowest BCUT2D eigenvalue weighted by atomic mass is 10.0. The van der Waals surface area contributed by atoms with Crippen molar-refractivity contribution < 1.29 is 22.7 Å². The fraction of sp³-hybridized carbons (Fsp3) is 0.261. The number of hydrogen-bond acceptors (Lipinski definition) is 5. The van der Waals surface area contributed by atoms with Gasteiger partial charge in [-0.2, -0.15) is 0 Å². The lowest BCUT2D eigenvalue weighted by Gasteiger charge is -2.19. The number of carbonyl (C=O) groups is 1. The summed E-state index contributed by atoms with van der Waals surface area (Å²) in [6, 6.07) is 10.2. The zero-order chi connectivity index (χ0) is 23.3.